The molecule has 2 N–H and O–H groups in total. The molecule has 0 saturated heterocycles. The van der Waals surface area contributed by atoms with Crippen LogP contribution in [-0.2, 0) is 0 Å². The normalized spacial score (nSPS) is 11.1. The Kier molecular flexibility index (Phi) is 6.77. The first-order valence-electron chi connectivity index (χ1n) is 14.1. The van der Waals surface area contributed by atoms with Gasteiger partial charge < -0.3 is 14.9 Å². The zero-order valence-corrected chi connectivity index (χ0v) is 22.9. The van der Waals surface area contributed by atoms with E-state index in [1.54, 1.807) is 12.1 Å². The molecule has 0 unspecified atom stereocenters. The van der Waals surface area contributed by atoms with Crippen molar-refractivity contribution in [3.05, 3.63) is 158 Å². The average Bonchev–Trinajstić information content (AvgIpc) is 3.06. The summed E-state index contributed by atoms with van der Waals surface area (Å²) in [6.45, 7) is 0. The molecule has 0 aliphatic heterocycles. The fraction of sp³-hybridized carbons (Fsp3) is 0. The standard InChI is InChI=1S/C38H28BNO2/c41-39(42)30-20-24-32(25-21-30)40(38-17-9-8-14-34(38)27-10-2-1-3-11-27)31-22-18-28(19-23-31)37-26-29-12-4-5-13-33(29)35-15-6-7-16-36(35)37/h1-26,41-42H. The molecule has 0 aliphatic rings. The summed E-state index contributed by atoms with van der Waals surface area (Å²) in [6.07, 6.45) is 0. The summed E-state index contributed by atoms with van der Waals surface area (Å²) < 4.78 is 0. The van der Waals surface area contributed by atoms with E-state index in [0.29, 0.717) is 5.46 Å². The maximum absolute atomic E-state index is 9.70. The van der Waals surface area contributed by atoms with Crippen LogP contribution in [0.3, 0.4) is 0 Å². The zero-order chi connectivity index (χ0) is 28.5. The van der Waals surface area contributed by atoms with Gasteiger partial charge in [0.15, 0.2) is 0 Å². The molecule has 0 fully saturated rings. The molecule has 7 aromatic rings. The average molecular weight is 541 g/mol. The maximum atomic E-state index is 9.70. The Balaban J connectivity index is 1.38. The fourth-order valence-corrected chi connectivity index (χ4v) is 5.84. The zero-order valence-electron chi connectivity index (χ0n) is 22.9. The first-order chi connectivity index (χ1) is 20.7. The number of hydrogen-bond donors (Lipinski definition) is 2. The van der Waals surface area contributed by atoms with Crippen molar-refractivity contribution in [2.75, 3.05) is 4.90 Å². The second kappa shape index (κ2) is 11.0. The second-order valence-corrected chi connectivity index (χ2v) is 10.4. The first kappa shape index (κ1) is 25.8. The van der Waals surface area contributed by atoms with E-state index in [4.69, 9.17) is 0 Å². The summed E-state index contributed by atoms with van der Waals surface area (Å²) in [4.78, 5) is 2.22. The molecule has 0 aliphatic carbocycles. The van der Waals surface area contributed by atoms with E-state index in [9.17, 15) is 10.0 Å². The van der Waals surface area contributed by atoms with Crippen LogP contribution in [0.15, 0.2) is 158 Å². The monoisotopic (exact) mass is 541 g/mol. The highest BCUT2D eigenvalue weighted by atomic mass is 16.4. The number of para-hydroxylation sites is 1. The Morgan fingerprint density at radius 3 is 1.69 bits per heavy atom. The van der Waals surface area contributed by atoms with Gasteiger partial charge in [0.05, 0.1) is 5.69 Å². The minimum Gasteiger partial charge on any atom is -0.423 e. The lowest BCUT2D eigenvalue weighted by molar-refractivity contribution is 0.426. The molecule has 4 heteroatoms. The van der Waals surface area contributed by atoms with Gasteiger partial charge in [-0.15, -0.1) is 0 Å². The number of rotatable bonds is 6. The van der Waals surface area contributed by atoms with Crippen LogP contribution in [0.2, 0.25) is 0 Å². The van der Waals surface area contributed by atoms with E-state index in [0.717, 1.165) is 33.8 Å². The van der Waals surface area contributed by atoms with Crippen LogP contribution in [0.25, 0.3) is 43.8 Å². The molecule has 0 atom stereocenters. The van der Waals surface area contributed by atoms with Gasteiger partial charge in [-0.2, -0.15) is 0 Å². The Morgan fingerprint density at radius 2 is 0.976 bits per heavy atom. The number of nitrogens with zero attached hydrogens (tertiary/aromatic N) is 1. The van der Waals surface area contributed by atoms with Gasteiger partial charge in [-0.05, 0) is 80.1 Å². The molecular formula is C38H28BNO2. The molecule has 0 bridgehead atoms. The van der Waals surface area contributed by atoms with Crippen molar-refractivity contribution >= 4 is 51.2 Å². The van der Waals surface area contributed by atoms with Gasteiger partial charge in [-0.25, -0.2) is 0 Å². The van der Waals surface area contributed by atoms with Crippen molar-refractivity contribution < 1.29 is 10.0 Å². The summed E-state index contributed by atoms with van der Waals surface area (Å²) in [6, 6.07) is 54.3. The summed E-state index contributed by atoms with van der Waals surface area (Å²) in [5.41, 5.74) is 7.99. The van der Waals surface area contributed by atoms with Crippen LogP contribution in [0.5, 0.6) is 0 Å². The minimum atomic E-state index is -1.51. The van der Waals surface area contributed by atoms with Crippen LogP contribution >= 0.6 is 0 Å². The predicted molar refractivity (Wildman–Crippen MR) is 177 cm³/mol. The van der Waals surface area contributed by atoms with E-state index in [2.05, 4.69) is 132 Å². The van der Waals surface area contributed by atoms with E-state index in [-0.39, 0.29) is 0 Å². The number of fused-ring (bicyclic) bond motifs is 3. The number of hydrogen-bond acceptors (Lipinski definition) is 3. The predicted octanol–water partition coefficient (Wildman–Crippen LogP) is 8.48. The van der Waals surface area contributed by atoms with E-state index in [1.807, 2.05) is 18.2 Å². The van der Waals surface area contributed by atoms with Gasteiger partial charge in [0.2, 0.25) is 0 Å². The van der Waals surface area contributed by atoms with Crippen LogP contribution in [0.4, 0.5) is 17.1 Å². The summed E-state index contributed by atoms with van der Waals surface area (Å²) >= 11 is 0. The molecule has 0 amide bonds. The minimum absolute atomic E-state index is 0.452. The molecule has 7 rings (SSSR count). The van der Waals surface area contributed by atoms with Crippen molar-refractivity contribution in [1.29, 1.82) is 0 Å². The van der Waals surface area contributed by atoms with Crippen LogP contribution in [-0.4, -0.2) is 17.2 Å². The summed E-state index contributed by atoms with van der Waals surface area (Å²) in [5, 5.41) is 24.4. The van der Waals surface area contributed by atoms with Crippen molar-refractivity contribution in [3.8, 4) is 22.3 Å². The Labute approximate surface area is 245 Å². The third-order valence-corrected chi connectivity index (χ3v) is 7.88. The van der Waals surface area contributed by atoms with Crippen molar-refractivity contribution in [1.82, 2.24) is 0 Å². The molecule has 7 aromatic carbocycles. The lowest BCUT2D eigenvalue weighted by atomic mass is 9.80. The molecule has 0 spiro atoms. The lowest BCUT2D eigenvalue weighted by Crippen LogP contribution is -2.29. The van der Waals surface area contributed by atoms with E-state index < -0.39 is 7.12 Å². The smallest absolute Gasteiger partial charge is 0.423 e. The molecular weight excluding hydrogens is 513 g/mol. The largest absolute Gasteiger partial charge is 0.488 e. The van der Waals surface area contributed by atoms with Gasteiger partial charge >= 0.3 is 7.12 Å². The van der Waals surface area contributed by atoms with Crippen molar-refractivity contribution in [2.24, 2.45) is 0 Å². The number of anilines is 3. The first-order valence-corrected chi connectivity index (χ1v) is 14.1. The topological polar surface area (TPSA) is 43.7 Å². The SMILES string of the molecule is OB(O)c1ccc(N(c2ccc(-c3cc4ccccc4c4ccccc34)cc2)c2ccccc2-c2ccccc2)cc1. The molecule has 42 heavy (non-hydrogen) atoms. The van der Waals surface area contributed by atoms with E-state index in [1.165, 1.54) is 27.1 Å². The second-order valence-electron chi connectivity index (χ2n) is 10.4. The fourth-order valence-electron chi connectivity index (χ4n) is 5.84. The van der Waals surface area contributed by atoms with Crippen LogP contribution in [0, 0.1) is 0 Å². The Morgan fingerprint density at radius 1 is 0.429 bits per heavy atom. The Bertz CT molecular complexity index is 2000. The summed E-state index contributed by atoms with van der Waals surface area (Å²) in [7, 11) is -1.51. The van der Waals surface area contributed by atoms with E-state index >= 15 is 0 Å². The van der Waals surface area contributed by atoms with Crippen LogP contribution < -0.4 is 10.4 Å². The van der Waals surface area contributed by atoms with Crippen molar-refractivity contribution in [2.45, 2.75) is 0 Å². The Hall–Kier alpha value is -5.16. The molecule has 0 heterocycles. The van der Waals surface area contributed by atoms with Gasteiger partial charge in [-0.1, -0.05) is 121 Å². The third-order valence-electron chi connectivity index (χ3n) is 7.88. The lowest BCUT2D eigenvalue weighted by Gasteiger charge is -2.28. The molecule has 0 aromatic heterocycles. The van der Waals surface area contributed by atoms with Gasteiger partial charge in [-0.3, -0.25) is 0 Å². The van der Waals surface area contributed by atoms with Crippen molar-refractivity contribution in [3.63, 3.8) is 0 Å². The highest BCUT2D eigenvalue weighted by molar-refractivity contribution is 6.58. The molecule has 0 saturated carbocycles. The third kappa shape index (κ3) is 4.73. The quantitative estimate of drug-likeness (QED) is 0.164. The number of benzene rings is 7. The maximum Gasteiger partial charge on any atom is 0.488 e. The van der Waals surface area contributed by atoms with Crippen LogP contribution in [0.1, 0.15) is 0 Å². The van der Waals surface area contributed by atoms with Gasteiger partial charge in [0, 0.05) is 16.9 Å². The van der Waals surface area contributed by atoms with Gasteiger partial charge in [0.25, 0.3) is 0 Å². The molecule has 0 radical (unpaired) electrons. The summed E-state index contributed by atoms with van der Waals surface area (Å²) in [5.74, 6) is 0. The molecule has 200 valence electrons. The molecule has 3 nitrogen and oxygen atoms in total. The van der Waals surface area contributed by atoms with Gasteiger partial charge in [0.1, 0.15) is 0 Å². The highest BCUT2D eigenvalue weighted by Gasteiger charge is 2.19. The highest BCUT2D eigenvalue weighted by Crippen LogP contribution is 2.42.